The first-order chi connectivity index (χ1) is 12.5. The molecule has 2 aromatic carbocycles. The molecule has 1 aliphatic heterocycles. The lowest BCUT2D eigenvalue weighted by molar-refractivity contribution is 0.0852. The van der Waals surface area contributed by atoms with E-state index >= 15 is 0 Å². The van der Waals surface area contributed by atoms with Crippen molar-refractivity contribution >= 4 is 27.2 Å². The normalized spacial score (nSPS) is 16.2. The minimum atomic E-state index is -0.306. The first-order valence-corrected chi connectivity index (χ1v) is 9.51. The number of fused-ring (bicyclic) bond motifs is 2. The van der Waals surface area contributed by atoms with Crippen molar-refractivity contribution in [3.8, 4) is 11.5 Å². The van der Waals surface area contributed by atoms with Crippen LogP contribution in [0.5, 0.6) is 11.5 Å². The summed E-state index contributed by atoms with van der Waals surface area (Å²) in [6.07, 6.45) is 2.60. The summed E-state index contributed by atoms with van der Waals surface area (Å²) in [4.78, 5) is 13.8. The van der Waals surface area contributed by atoms with Crippen LogP contribution in [0.4, 0.5) is 0 Å². The van der Waals surface area contributed by atoms with Crippen molar-refractivity contribution in [2.75, 3.05) is 0 Å². The van der Waals surface area contributed by atoms with Gasteiger partial charge >= 0.3 is 0 Å². The van der Waals surface area contributed by atoms with Crippen LogP contribution in [0.25, 0.3) is 10.1 Å². The number of carbonyl (C=O) groups is 1. The fraction of sp³-hybridized carbons (Fsp3) is 0.227. The number of phenols is 1. The molecule has 3 aromatic rings. The van der Waals surface area contributed by atoms with Gasteiger partial charge in [-0.3, -0.25) is 4.79 Å². The first kappa shape index (κ1) is 16.9. The van der Waals surface area contributed by atoms with Crippen molar-refractivity contribution in [1.82, 2.24) is 0 Å². The highest BCUT2D eigenvalue weighted by atomic mass is 32.1. The maximum atomic E-state index is 12.7. The molecule has 0 fully saturated rings. The van der Waals surface area contributed by atoms with E-state index in [-0.39, 0.29) is 17.6 Å². The van der Waals surface area contributed by atoms with Gasteiger partial charge in [0.2, 0.25) is 0 Å². The van der Waals surface area contributed by atoms with Gasteiger partial charge in [-0.2, -0.15) is 0 Å². The molecule has 1 atom stereocenters. The molecular weight excluding hydrogens is 344 g/mol. The van der Waals surface area contributed by atoms with Crippen LogP contribution in [-0.2, 0) is 6.42 Å². The highest BCUT2D eigenvalue weighted by Gasteiger charge is 2.31. The van der Waals surface area contributed by atoms with E-state index in [0.29, 0.717) is 29.7 Å². The van der Waals surface area contributed by atoms with Crippen molar-refractivity contribution in [2.24, 2.45) is 0 Å². The predicted molar refractivity (Wildman–Crippen MR) is 105 cm³/mol. The molecule has 0 aliphatic carbocycles. The second-order valence-electron chi connectivity index (χ2n) is 6.85. The third kappa shape index (κ3) is 3.01. The fourth-order valence-corrected chi connectivity index (χ4v) is 4.35. The number of thiophene rings is 1. The van der Waals surface area contributed by atoms with Crippen LogP contribution in [0.1, 0.15) is 47.2 Å². The lowest BCUT2D eigenvalue weighted by atomic mass is 9.95. The molecule has 0 spiro atoms. The van der Waals surface area contributed by atoms with Gasteiger partial charge < -0.3 is 9.84 Å². The minimum Gasteiger partial charge on any atom is -0.508 e. The Bertz CT molecular complexity index is 992. The molecule has 0 saturated carbocycles. The van der Waals surface area contributed by atoms with Gasteiger partial charge in [0, 0.05) is 15.1 Å². The Morgan fingerprint density at radius 3 is 2.85 bits per heavy atom. The number of benzene rings is 2. The van der Waals surface area contributed by atoms with Gasteiger partial charge in [-0.15, -0.1) is 11.3 Å². The standard InChI is InChI=1S/C22H20O3S/c1-13(2)7-8-15-17(23)10-9-16-18(24)12-19(25-22(15)16)21-11-14-5-3-4-6-20(14)26-21/h3-7,9-11,19,23H,8,12H2,1-2H3. The summed E-state index contributed by atoms with van der Waals surface area (Å²) in [6, 6.07) is 13.5. The maximum absolute atomic E-state index is 12.7. The van der Waals surface area contributed by atoms with Crippen molar-refractivity contribution in [3.05, 3.63) is 70.1 Å². The van der Waals surface area contributed by atoms with Crippen molar-refractivity contribution in [3.63, 3.8) is 0 Å². The van der Waals surface area contributed by atoms with Crippen molar-refractivity contribution < 1.29 is 14.6 Å². The topological polar surface area (TPSA) is 46.5 Å². The summed E-state index contributed by atoms with van der Waals surface area (Å²) in [5.41, 5.74) is 2.41. The summed E-state index contributed by atoms with van der Waals surface area (Å²) < 4.78 is 7.45. The zero-order valence-corrected chi connectivity index (χ0v) is 15.6. The molecule has 0 radical (unpaired) electrons. The van der Waals surface area contributed by atoms with Crippen LogP contribution in [0.2, 0.25) is 0 Å². The van der Waals surface area contributed by atoms with Gasteiger partial charge in [-0.1, -0.05) is 29.8 Å². The quantitative estimate of drug-likeness (QED) is 0.596. The predicted octanol–water partition coefficient (Wildman–Crippen LogP) is 5.82. The van der Waals surface area contributed by atoms with Gasteiger partial charge in [-0.05, 0) is 49.9 Å². The van der Waals surface area contributed by atoms with E-state index in [9.17, 15) is 9.90 Å². The maximum Gasteiger partial charge on any atom is 0.170 e. The summed E-state index contributed by atoms with van der Waals surface area (Å²) in [6.45, 7) is 4.02. The average molecular weight is 364 g/mol. The molecule has 26 heavy (non-hydrogen) atoms. The van der Waals surface area contributed by atoms with Crippen LogP contribution >= 0.6 is 11.3 Å². The third-order valence-electron chi connectivity index (χ3n) is 4.64. The van der Waals surface area contributed by atoms with Crippen LogP contribution < -0.4 is 4.74 Å². The SMILES string of the molecule is CC(C)=CCc1c(O)ccc2c1OC(c1cc3ccccc3s1)CC2=O. The number of allylic oxidation sites excluding steroid dienone is 2. The molecule has 3 nitrogen and oxygen atoms in total. The minimum absolute atomic E-state index is 0.0622. The molecule has 2 heterocycles. The second-order valence-corrected chi connectivity index (χ2v) is 7.96. The number of Topliss-reactive ketones (excluding diaryl/α,β-unsaturated/α-hetero) is 1. The largest absolute Gasteiger partial charge is 0.508 e. The van der Waals surface area contributed by atoms with E-state index in [2.05, 4.69) is 18.2 Å². The first-order valence-electron chi connectivity index (χ1n) is 8.69. The Hall–Kier alpha value is -2.59. The van der Waals surface area contributed by atoms with Gasteiger partial charge in [0.05, 0.1) is 12.0 Å². The summed E-state index contributed by atoms with van der Waals surface area (Å²) in [7, 11) is 0. The van der Waals surface area contributed by atoms with Gasteiger partial charge in [0.1, 0.15) is 17.6 Å². The van der Waals surface area contributed by atoms with Crippen molar-refractivity contribution in [1.29, 1.82) is 0 Å². The van der Waals surface area contributed by atoms with Gasteiger partial charge in [0.15, 0.2) is 5.78 Å². The molecular formula is C22H20O3S. The van der Waals surface area contributed by atoms with Crippen LogP contribution in [0.15, 0.2) is 54.1 Å². The molecule has 4 rings (SSSR count). The van der Waals surface area contributed by atoms with Crippen LogP contribution in [0, 0.1) is 0 Å². The highest BCUT2D eigenvalue weighted by molar-refractivity contribution is 7.19. The van der Waals surface area contributed by atoms with E-state index in [1.54, 1.807) is 23.5 Å². The summed E-state index contributed by atoms with van der Waals surface area (Å²) >= 11 is 1.66. The Labute approximate surface area is 156 Å². The number of ketones is 1. The number of aromatic hydroxyl groups is 1. The molecule has 1 aromatic heterocycles. The summed E-state index contributed by atoms with van der Waals surface area (Å²) in [5.74, 6) is 0.763. The highest BCUT2D eigenvalue weighted by Crippen LogP contribution is 2.43. The van der Waals surface area contributed by atoms with E-state index in [1.165, 1.54) is 4.70 Å². The third-order valence-corrected chi connectivity index (χ3v) is 5.85. The number of hydrogen-bond donors (Lipinski definition) is 1. The average Bonchev–Trinajstić information content (AvgIpc) is 3.04. The smallest absolute Gasteiger partial charge is 0.170 e. The molecule has 132 valence electrons. The number of phenolic OH excluding ortho intramolecular Hbond substituents is 1. The molecule has 0 amide bonds. The number of rotatable bonds is 3. The number of hydrogen-bond acceptors (Lipinski definition) is 4. The molecule has 4 heteroatoms. The number of carbonyl (C=O) groups excluding carboxylic acids is 1. The van der Waals surface area contributed by atoms with E-state index in [1.807, 2.05) is 32.1 Å². The van der Waals surface area contributed by atoms with Gasteiger partial charge in [0.25, 0.3) is 0 Å². The zero-order chi connectivity index (χ0) is 18.3. The summed E-state index contributed by atoms with van der Waals surface area (Å²) in [5, 5.41) is 11.5. The Kier molecular flexibility index (Phi) is 4.29. The van der Waals surface area contributed by atoms with E-state index < -0.39 is 0 Å². The molecule has 1 N–H and O–H groups in total. The lowest BCUT2D eigenvalue weighted by Crippen LogP contribution is -2.20. The molecule has 1 unspecified atom stereocenters. The molecule has 0 bridgehead atoms. The Morgan fingerprint density at radius 2 is 2.08 bits per heavy atom. The zero-order valence-electron chi connectivity index (χ0n) is 14.8. The fourth-order valence-electron chi connectivity index (χ4n) is 3.26. The Morgan fingerprint density at radius 1 is 1.27 bits per heavy atom. The second kappa shape index (κ2) is 6.61. The monoisotopic (exact) mass is 364 g/mol. The Balaban J connectivity index is 1.75. The van der Waals surface area contributed by atoms with Crippen LogP contribution in [-0.4, -0.2) is 10.9 Å². The van der Waals surface area contributed by atoms with Crippen LogP contribution in [0.3, 0.4) is 0 Å². The lowest BCUT2D eigenvalue weighted by Gasteiger charge is -2.26. The van der Waals surface area contributed by atoms with Crippen molar-refractivity contribution in [2.45, 2.75) is 32.8 Å². The molecule has 0 saturated heterocycles. The van der Waals surface area contributed by atoms with Gasteiger partial charge in [-0.25, -0.2) is 0 Å². The molecule has 1 aliphatic rings. The van der Waals surface area contributed by atoms with E-state index in [0.717, 1.165) is 15.8 Å². The number of ether oxygens (including phenoxy) is 1. The van der Waals surface area contributed by atoms with E-state index in [4.69, 9.17) is 4.74 Å².